The molecular formula is C15H16N2O2. The van der Waals surface area contributed by atoms with Crippen molar-refractivity contribution in [2.75, 3.05) is 11.9 Å². The molecule has 0 atom stereocenters. The highest BCUT2D eigenvalue weighted by Crippen LogP contribution is 2.17. The minimum absolute atomic E-state index is 0.119. The number of nitro groups is 1. The van der Waals surface area contributed by atoms with Gasteiger partial charge in [-0.25, -0.2) is 0 Å². The van der Waals surface area contributed by atoms with Crippen LogP contribution in [0.25, 0.3) is 0 Å². The van der Waals surface area contributed by atoms with Crippen LogP contribution in [0.3, 0.4) is 0 Å². The van der Waals surface area contributed by atoms with Crippen LogP contribution in [0.5, 0.6) is 0 Å². The van der Waals surface area contributed by atoms with Crippen molar-refractivity contribution in [2.24, 2.45) is 0 Å². The number of nitrogens with zero attached hydrogens (tertiary/aromatic N) is 1. The second-order valence-electron chi connectivity index (χ2n) is 4.32. The van der Waals surface area contributed by atoms with E-state index in [1.54, 1.807) is 12.1 Å². The number of anilines is 1. The number of benzene rings is 2. The van der Waals surface area contributed by atoms with Gasteiger partial charge in [0.2, 0.25) is 0 Å². The molecule has 98 valence electrons. The first-order valence-corrected chi connectivity index (χ1v) is 6.28. The number of hydrogen-bond donors (Lipinski definition) is 1. The van der Waals surface area contributed by atoms with Crippen LogP contribution in [0, 0.1) is 10.1 Å². The summed E-state index contributed by atoms with van der Waals surface area (Å²) in [6.45, 7) is 0.802. The fourth-order valence-electron chi connectivity index (χ4n) is 1.90. The number of rotatable bonds is 6. The van der Waals surface area contributed by atoms with Gasteiger partial charge in [-0.05, 0) is 24.5 Å². The Hall–Kier alpha value is -2.36. The second-order valence-corrected chi connectivity index (χ2v) is 4.32. The maximum absolute atomic E-state index is 10.6. The third kappa shape index (κ3) is 4.10. The van der Waals surface area contributed by atoms with Crippen LogP contribution < -0.4 is 5.32 Å². The molecule has 0 aliphatic carbocycles. The Kier molecular flexibility index (Phi) is 4.50. The lowest BCUT2D eigenvalue weighted by Gasteiger charge is -2.06. The molecule has 0 aromatic heterocycles. The van der Waals surface area contributed by atoms with E-state index in [1.807, 2.05) is 24.3 Å². The van der Waals surface area contributed by atoms with E-state index in [9.17, 15) is 10.1 Å². The number of hydrogen-bond acceptors (Lipinski definition) is 3. The highest BCUT2D eigenvalue weighted by atomic mass is 16.6. The standard InChI is InChI=1S/C15H16N2O2/c18-17(19)15-10-4-9-14(12-15)16-11-5-8-13-6-2-1-3-7-13/h1-4,6-7,9-10,12,16H,5,8,11H2. The van der Waals surface area contributed by atoms with E-state index in [0.717, 1.165) is 25.1 Å². The number of aryl methyl sites for hydroxylation is 1. The Morgan fingerprint density at radius 1 is 1.05 bits per heavy atom. The molecule has 0 radical (unpaired) electrons. The summed E-state index contributed by atoms with van der Waals surface area (Å²) in [5.41, 5.74) is 2.22. The molecule has 0 spiro atoms. The molecule has 2 aromatic rings. The molecule has 2 rings (SSSR count). The molecule has 0 fully saturated rings. The van der Waals surface area contributed by atoms with E-state index in [0.29, 0.717) is 0 Å². The smallest absolute Gasteiger partial charge is 0.271 e. The van der Waals surface area contributed by atoms with Gasteiger partial charge in [0, 0.05) is 24.4 Å². The summed E-state index contributed by atoms with van der Waals surface area (Å²) in [4.78, 5) is 10.3. The maximum Gasteiger partial charge on any atom is 0.271 e. The van der Waals surface area contributed by atoms with Gasteiger partial charge in [0.15, 0.2) is 0 Å². The summed E-state index contributed by atoms with van der Waals surface area (Å²) in [6, 6.07) is 16.9. The van der Waals surface area contributed by atoms with Crippen LogP contribution in [-0.4, -0.2) is 11.5 Å². The molecule has 0 unspecified atom stereocenters. The summed E-state index contributed by atoms with van der Waals surface area (Å²) in [7, 11) is 0. The average molecular weight is 256 g/mol. The van der Waals surface area contributed by atoms with Gasteiger partial charge in [-0.1, -0.05) is 36.4 Å². The molecule has 4 heteroatoms. The lowest BCUT2D eigenvalue weighted by molar-refractivity contribution is -0.384. The zero-order valence-corrected chi connectivity index (χ0v) is 10.6. The van der Waals surface area contributed by atoms with Crippen LogP contribution in [0.15, 0.2) is 54.6 Å². The van der Waals surface area contributed by atoms with E-state index in [2.05, 4.69) is 17.4 Å². The first kappa shape index (κ1) is 13.1. The summed E-state index contributed by atoms with van der Waals surface area (Å²) in [5, 5.41) is 13.9. The van der Waals surface area contributed by atoms with Crippen molar-refractivity contribution < 1.29 is 4.92 Å². The SMILES string of the molecule is O=[N+]([O-])c1cccc(NCCCc2ccccc2)c1. The number of non-ortho nitro benzene ring substituents is 1. The predicted octanol–water partition coefficient (Wildman–Crippen LogP) is 3.64. The van der Waals surface area contributed by atoms with E-state index < -0.39 is 0 Å². The Morgan fingerprint density at radius 2 is 1.84 bits per heavy atom. The van der Waals surface area contributed by atoms with Crippen molar-refractivity contribution in [3.05, 3.63) is 70.3 Å². The molecule has 0 amide bonds. The van der Waals surface area contributed by atoms with Gasteiger partial charge in [-0.3, -0.25) is 10.1 Å². The summed E-state index contributed by atoms with van der Waals surface area (Å²) in [5.74, 6) is 0. The monoisotopic (exact) mass is 256 g/mol. The van der Waals surface area contributed by atoms with Crippen LogP contribution in [-0.2, 0) is 6.42 Å². The van der Waals surface area contributed by atoms with E-state index in [-0.39, 0.29) is 10.6 Å². The molecule has 2 aromatic carbocycles. The molecule has 0 saturated carbocycles. The maximum atomic E-state index is 10.6. The largest absolute Gasteiger partial charge is 0.385 e. The molecule has 4 nitrogen and oxygen atoms in total. The lowest BCUT2D eigenvalue weighted by Crippen LogP contribution is -2.03. The van der Waals surface area contributed by atoms with Crippen molar-refractivity contribution in [1.82, 2.24) is 0 Å². The molecule has 0 aliphatic rings. The van der Waals surface area contributed by atoms with Gasteiger partial charge >= 0.3 is 0 Å². The normalized spacial score (nSPS) is 10.1. The minimum atomic E-state index is -0.380. The zero-order valence-electron chi connectivity index (χ0n) is 10.6. The van der Waals surface area contributed by atoms with Crippen LogP contribution in [0.1, 0.15) is 12.0 Å². The molecule has 0 heterocycles. The topological polar surface area (TPSA) is 55.2 Å². The summed E-state index contributed by atoms with van der Waals surface area (Å²) >= 11 is 0. The van der Waals surface area contributed by atoms with Gasteiger partial charge in [0.05, 0.1) is 4.92 Å². The van der Waals surface area contributed by atoms with E-state index in [4.69, 9.17) is 0 Å². The fraction of sp³-hybridized carbons (Fsp3) is 0.200. The molecule has 1 N–H and O–H groups in total. The van der Waals surface area contributed by atoms with Gasteiger partial charge in [0.25, 0.3) is 5.69 Å². The van der Waals surface area contributed by atoms with Crippen LogP contribution in [0.2, 0.25) is 0 Å². The van der Waals surface area contributed by atoms with Crippen LogP contribution >= 0.6 is 0 Å². The Bertz CT molecular complexity index is 541. The van der Waals surface area contributed by atoms with Gasteiger partial charge in [-0.15, -0.1) is 0 Å². The Morgan fingerprint density at radius 3 is 2.58 bits per heavy atom. The quantitative estimate of drug-likeness (QED) is 0.487. The average Bonchev–Trinajstić information content (AvgIpc) is 2.45. The number of nitrogens with one attached hydrogen (secondary N) is 1. The first-order chi connectivity index (χ1) is 9.25. The molecule has 19 heavy (non-hydrogen) atoms. The van der Waals surface area contributed by atoms with Gasteiger partial charge in [-0.2, -0.15) is 0 Å². The van der Waals surface area contributed by atoms with Crippen molar-refractivity contribution >= 4 is 11.4 Å². The minimum Gasteiger partial charge on any atom is -0.385 e. The highest BCUT2D eigenvalue weighted by Gasteiger charge is 2.04. The Labute approximate surface area is 112 Å². The molecule has 0 bridgehead atoms. The van der Waals surface area contributed by atoms with Crippen molar-refractivity contribution in [3.63, 3.8) is 0 Å². The van der Waals surface area contributed by atoms with E-state index in [1.165, 1.54) is 11.6 Å². The third-order valence-electron chi connectivity index (χ3n) is 2.87. The summed E-state index contributed by atoms with van der Waals surface area (Å²) in [6.07, 6.45) is 2.00. The Balaban J connectivity index is 1.80. The van der Waals surface area contributed by atoms with Gasteiger partial charge in [0.1, 0.15) is 0 Å². The predicted molar refractivity (Wildman–Crippen MR) is 76.3 cm³/mol. The fourth-order valence-corrected chi connectivity index (χ4v) is 1.90. The lowest BCUT2D eigenvalue weighted by atomic mass is 10.1. The first-order valence-electron chi connectivity index (χ1n) is 6.28. The van der Waals surface area contributed by atoms with Crippen molar-refractivity contribution in [2.45, 2.75) is 12.8 Å². The zero-order chi connectivity index (χ0) is 13.5. The van der Waals surface area contributed by atoms with Crippen molar-refractivity contribution in [1.29, 1.82) is 0 Å². The summed E-state index contributed by atoms with van der Waals surface area (Å²) < 4.78 is 0. The van der Waals surface area contributed by atoms with Crippen molar-refractivity contribution in [3.8, 4) is 0 Å². The molecule has 0 aliphatic heterocycles. The molecule has 0 saturated heterocycles. The van der Waals surface area contributed by atoms with E-state index >= 15 is 0 Å². The highest BCUT2D eigenvalue weighted by molar-refractivity contribution is 5.50. The third-order valence-corrected chi connectivity index (χ3v) is 2.87. The number of nitro benzene ring substituents is 1. The molecular weight excluding hydrogens is 240 g/mol. The second kappa shape index (κ2) is 6.54. The van der Waals surface area contributed by atoms with Crippen LogP contribution in [0.4, 0.5) is 11.4 Å². The van der Waals surface area contributed by atoms with Gasteiger partial charge < -0.3 is 5.32 Å².